The molecule has 5 nitrogen and oxygen atoms in total. The normalized spacial score (nSPS) is 19.2. The lowest BCUT2D eigenvalue weighted by atomic mass is 9.97. The molecule has 0 aliphatic carbocycles. The Balaban J connectivity index is 2.28. The first-order valence-electron chi connectivity index (χ1n) is 19.5. The number of hydrogen-bond donors (Lipinski definition) is 1. The highest BCUT2D eigenvalue weighted by atomic mass is 32.2. The van der Waals surface area contributed by atoms with Gasteiger partial charge in [0, 0.05) is 38.0 Å². The molecule has 0 bridgehead atoms. The second-order valence-corrected chi connectivity index (χ2v) is 17.2. The van der Waals surface area contributed by atoms with Crippen molar-refractivity contribution in [1.82, 2.24) is 5.48 Å². The zero-order valence-corrected chi connectivity index (χ0v) is 31.6. The lowest BCUT2D eigenvalue weighted by Gasteiger charge is -2.33. The van der Waals surface area contributed by atoms with Gasteiger partial charge in [0.15, 0.2) is 5.12 Å². The molecule has 7 heteroatoms. The van der Waals surface area contributed by atoms with Crippen LogP contribution in [0, 0.1) is 5.92 Å². The van der Waals surface area contributed by atoms with Crippen LogP contribution in [0.5, 0.6) is 0 Å². The molecule has 1 N–H and O–H groups in total. The maximum absolute atomic E-state index is 12.1. The monoisotopic (exact) mass is 658 g/mol. The summed E-state index contributed by atoms with van der Waals surface area (Å²) in [7, 11) is -2.79. The smallest absolute Gasteiger partial charge is 0.373 e. The summed E-state index contributed by atoms with van der Waals surface area (Å²) in [6.45, 7) is 9.04. The van der Waals surface area contributed by atoms with Crippen molar-refractivity contribution in [2.45, 2.75) is 200 Å². The number of carbonyl (C=O) groups is 1. The molecule has 1 fully saturated rings. The molecule has 2 atom stereocenters. The molecule has 0 saturated carbocycles. The van der Waals surface area contributed by atoms with Gasteiger partial charge in [-0.3, -0.25) is 9.32 Å². The van der Waals surface area contributed by atoms with Gasteiger partial charge >= 0.3 is 8.80 Å². The van der Waals surface area contributed by atoms with E-state index in [-0.39, 0.29) is 0 Å². The standard InChI is InChI=1S/C37H75NO4SSi/c1-4-7-10-12-14-16-17-18-19-20-21-23-25-28-36-30-32-41-44(42-38-35-36,34-27-33-43-37(39)29-9-6-3)40-31-26-24-22-15-13-11-8-5-2/h36,38H,4-35H2,1-3H3. The fraction of sp³-hybridized carbons (Fsp3) is 0.973. The Morgan fingerprint density at radius 2 is 1.23 bits per heavy atom. The Bertz CT molecular complexity index is 616. The summed E-state index contributed by atoms with van der Waals surface area (Å²) in [6, 6.07) is 0.786. The first kappa shape index (κ1) is 42.1. The number of thioether (sulfide) groups is 1. The molecular formula is C37H75NO4SSi. The number of hydroxylamine groups is 1. The zero-order chi connectivity index (χ0) is 31.8. The fourth-order valence-electron chi connectivity index (χ4n) is 6.08. The third kappa shape index (κ3) is 25.2. The maximum Gasteiger partial charge on any atom is 0.517 e. The molecule has 0 aromatic carbocycles. The quantitative estimate of drug-likeness (QED) is 0.0591. The van der Waals surface area contributed by atoms with Crippen LogP contribution in [-0.4, -0.2) is 39.4 Å². The molecule has 44 heavy (non-hydrogen) atoms. The van der Waals surface area contributed by atoms with Crippen LogP contribution in [0.4, 0.5) is 0 Å². The first-order chi connectivity index (χ1) is 21.7. The van der Waals surface area contributed by atoms with Crippen LogP contribution in [0.1, 0.15) is 194 Å². The van der Waals surface area contributed by atoms with Crippen molar-refractivity contribution in [3.05, 3.63) is 0 Å². The fourth-order valence-corrected chi connectivity index (χ4v) is 9.53. The van der Waals surface area contributed by atoms with Crippen molar-refractivity contribution in [3.63, 3.8) is 0 Å². The van der Waals surface area contributed by atoms with E-state index in [9.17, 15) is 4.79 Å². The molecule has 2 unspecified atom stereocenters. The predicted molar refractivity (Wildman–Crippen MR) is 194 cm³/mol. The van der Waals surface area contributed by atoms with Crippen LogP contribution in [-0.2, 0) is 18.2 Å². The van der Waals surface area contributed by atoms with E-state index in [1.54, 1.807) is 0 Å². The molecule has 1 saturated heterocycles. The van der Waals surface area contributed by atoms with Gasteiger partial charge in [-0.2, -0.15) is 0 Å². The zero-order valence-electron chi connectivity index (χ0n) is 29.7. The number of rotatable bonds is 31. The Labute approximate surface area is 280 Å². The molecule has 0 aromatic heterocycles. The summed E-state index contributed by atoms with van der Waals surface area (Å²) < 4.78 is 19.3. The van der Waals surface area contributed by atoms with Crippen molar-refractivity contribution in [3.8, 4) is 0 Å². The minimum atomic E-state index is -2.79. The Kier molecular flexibility index (Phi) is 30.3. The molecule has 0 aromatic rings. The summed E-state index contributed by atoms with van der Waals surface area (Å²) in [4.78, 5) is 12.1. The Hall–Kier alpha value is 0.0769. The minimum absolute atomic E-state index is 0.316. The molecule has 1 heterocycles. The van der Waals surface area contributed by atoms with E-state index in [0.717, 1.165) is 57.1 Å². The van der Waals surface area contributed by atoms with Gasteiger partial charge in [0.05, 0.1) is 0 Å². The van der Waals surface area contributed by atoms with Crippen LogP contribution in [0.25, 0.3) is 0 Å². The highest BCUT2D eigenvalue weighted by Crippen LogP contribution is 2.25. The minimum Gasteiger partial charge on any atom is -0.373 e. The summed E-state index contributed by atoms with van der Waals surface area (Å²) >= 11 is 1.47. The molecule has 0 spiro atoms. The van der Waals surface area contributed by atoms with Crippen LogP contribution in [0.15, 0.2) is 0 Å². The highest BCUT2D eigenvalue weighted by molar-refractivity contribution is 8.13. The molecule has 1 rings (SSSR count). The lowest BCUT2D eigenvalue weighted by Crippen LogP contribution is -2.52. The van der Waals surface area contributed by atoms with Crippen molar-refractivity contribution >= 4 is 25.7 Å². The molecular weight excluding hydrogens is 583 g/mol. The van der Waals surface area contributed by atoms with E-state index in [4.69, 9.17) is 13.4 Å². The number of unbranched alkanes of at least 4 members (excludes halogenated alkanes) is 20. The van der Waals surface area contributed by atoms with Crippen LogP contribution < -0.4 is 5.48 Å². The summed E-state index contributed by atoms with van der Waals surface area (Å²) in [6.07, 6.45) is 34.5. The second kappa shape index (κ2) is 31.7. The average Bonchev–Trinajstić information content (AvgIpc) is 3.02. The van der Waals surface area contributed by atoms with Gasteiger partial charge in [-0.15, -0.1) is 0 Å². The SMILES string of the molecule is CCCCCCCCCCCCCCCC1CCO[Si](CCCSC(=O)CCCC)(OCCCCCCCCCC)ONC1. The van der Waals surface area contributed by atoms with Crippen molar-refractivity contribution < 1.29 is 18.2 Å². The van der Waals surface area contributed by atoms with E-state index >= 15 is 0 Å². The number of hydrogen-bond acceptors (Lipinski definition) is 6. The highest BCUT2D eigenvalue weighted by Gasteiger charge is 2.42. The topological polar surface area (TPSA) is 56.8 Å². The van der Waals surface area contributed by atoms with Gasteiger partial charge in [0.25, 0.3) is 0 Å². The molecule has 0 amide bonds. The molecule has 0 radical (unpaired) electrons. The van der Waals surface area contributed by atoms with Gasteiger partial charge < -0.3 is 8.85 Å². The van der Waals surface area contributed by atoms with Crippen LogP contribution >= 0.6 is 11.8 Å². The summed E-state index contributed by atoms with van der Waals surface area (Å²) in [5.74, 6) is 1.43. The van der Waals surface area contributed by atoms with Gasteiger partial charge in [-0.25, -0.2) is 5.48 Å². The Morgan fingerprint density at radius 1 is 0.705 bits per heavy atom. The molecule has 1 aliphatic heterocycles. The van der Waals surface area contributed by atoms with Crippen molar-refractivity contribution in [2.75, 3.05) is 25.5 Å². The van der Waals surface area contributed by atoms with Crippen molar-refractivity contribution in [2.24, 2.45) is 5.92 Å². The van der Waals surface area contributed by atoms with Crippen LogP contribution in [0.2, 0.25) is 6.04 Å². The summed E-state index contributed by atoms with van der Waals surface area (Å²) in [5.41, 5.74) is 3.32. The number of nitrogens with one attached hydrogen (secondary N) is 1. The Morgan fingerprint density at radius 3 is 1.80 bits per heavy atom. The third-order valence-electron chi connectivity index (χ3n) is 9.11. The predicted octanol–water partition coefficient (Wildman–Crippen LogP) is 12.0. The lowest BCUT2D eigenvalue weighted by molar-refractivity contribution is -0.111. The van der Waals surface area contributed by atoms with E-state index < -0.39 is 8.80 Å². The average molecular weight is 658 g/mol. The van der Waals surface area contributed by atoms with E-state index in [1.165, 1.54) is 147 Å². The van der Waals surface area contributed by atoms with E-state index in [1.807, 2.05) is 0 Å². The van der Waals surface area contributed by atoms with Gasteiger partial charge in [0.1, 0.15) is 0 Å². The van der Waals surface area contributed by atoms with Crippen molar-refractivity contribution in [1.29, 1.82) is 0 Å². The first-order valence-corrected chi connectivity index (χ1v) is 22.4. The van der Waals surface area contributed by atoms with Gasteiger partial charge in [-0.1, -0.05) is 167 Å². The van der Waals surface area contributed by atoms with E-state index in [0.29, 0.717) is 24.1 Å². The van der Waals surface area contributed by atoms with E-state index in [2.05, 4.69) is 26.3 Å². The maximum atomic E-state index is 12.1. The third-order valence-corrected chi connectivity index (χ3v) is 12.8. The number of carbonyl (C=O) groups excluding carboxylic acids is 1. The molecule has 1 aliphatic rings. The van der Waals surface area contributed by atoms with Gasteiger partial charge in [-0.05, 0) is 38.0 Å². The molecule has 262 valence electrons. The largest absolute Gasteiger partial charge is 0.517 e. The van der Waals surface area contributed by atoms with Crippen LogP contribution in [0.3, 0.4) is 0 Å². The second-order valence-electron chi connectivity index (χ2n) is 13.4. The van der Waals surface area contributed by atoms with Gasteiger partial charge in [0.2, 0.25) is 0 Å². The summed E-state index contributed by atoms with van der Waals surface area (Å²) in [5, 5.41) is 0.316.